The second-order valence-corrected chi connectivity index (χ2v) is 5.46. The molecule has 1 N–H and O–H groups in total. The van der Waals surface area contributed by atoms with Crippen LogP contribution in [0, 0.1) is 0 Å². The van der Waals surface area contributed by atoms with Gasteiger partial charge in [-0.2, -0.15) is 4.98 Å². The van der Waals surface area contributed by atoms with Crippen molar-refractivity contribution in [2.75, 3.05) is 14.2 Å². The first kappa shape index (κ1) is 17.4. The van der Waals surface area contributed by atoms with Crippen LogP contribution in [0.3, 0.4) is 0 Å². The van der Waals surface area contributed by atoms with E-state index in [4.69, 9.17) is 14.0 Å². The summed E-state index contributed by atoms with van der Waals surface area (Å²) < 4.78 is 15.8. The fourth-order valence-corrected chi connectivity index (χ4v) is 2.34. The number of hydrogen-bond acceptors (Lipinski definition) is 7. The highest BCUT2D eigenvalue weighted by Crippen LogP contribution is 2.31. The van der Waals surface area contributed by atoms with Crippen LogP contribution in [0.5, 0.6) is 11.5 Å². The fourth-order valence-electron chi connectivity index (χ4n) is 2.34. The smallest absolute Gasteiger partial charge is 0.253 e. The van der Waals surface area contributed by atoms with E-state index in [-0.39, 0.29) is 5.91 Å². The molecule has 8 heteroatoms. The molecule has 2 heterocycles. The normalized spacial score (nSPS) is 11.7. The van der Waals surface area contributed by atoms with Crippen molar-refractivity contribution in [1.29, 1.82) is 0 Å². The number of carbonyl (C=O) groups is 1. The van der Waals surface area contributed by atoms with Gasteiger partial charge in [0.05, 0.1) is 19.8 Å². The van der Waals surface area contributed by atoms with Crippen molar-refractivity contribution in [1.82, 2.24) is 20.4 Å². The van der Waals surface area contributed by atoms with E-state index in [2.05, 4.69) is 20.4 Å². The second-order valence-electron chi connectivity index (χ2n) is 5.46. The van der Waals surface area contributed by atoms with Crippen molar-refractivity contribution in [3.63, 3.8) is 0 Å². The van der Waals surface area contributed by atoms with Crippen molar-refractivity contribution in [3.8, 4) is 22.9 Å². The van der Waals surface area contributed by atoms with Gasteiger partial charge in [-0.1, -0.05) is 5.16 Å². The van der Waals surface area contributed by atoms with Crippen LogP contribution < -0.4 is 14.8 Å². The average Bonchev–Trinajstić information content (AvgIpc) is 3.18. The quantitative estimate of drug-likeness (QED) is 0.726. The van der Waals surface area contributed by atoms with Crippen molar-refractivity contribution in [3.05, 3.63) is 54.2 Å². The second kappa shape index (κ2) is 7.64. The number of hydrogen-bond donors (Lipinski definition) is 1. The Morgan fingerprint density at radius 1 is 1.19 bits per heavy atom. The molecule has 26 heavy (non-hydrogen) atoms. The maximum Gasteiger partial charge on any atom is 0.253 e. The topological polar surface area (TPSA) is 99.4 Å². The number of pyridine rings is 1. The number of benzene rings is 1. The molecule has 0 aliphatic heterocycles. The Balaban J connectivity index is 1.76. The molecule has 3 aromatic rings. The predicted molar refractivity (Wildman–Crippen MR) is 93.0 cm³/mol. The highest BCUT2D eigenvalue weighted by Gasteiger charge is 2.19. The molecule has 1 unspecified atom stereocenters. The number of carbonyl (C=O) groups excluding carboxylic acids is 1. The third-order valence-electron chi connectivity index (χ3n) is 3.73. The van der Waals surface area contributed by atoms with E-state index >= 15 is 0 Å². The summed E-state index contributed by atoms with van der Waals surface area (Å²) in [5, 5.41) is 6.77. The summed E-state index contributed by atoms with van der Waals surface area (Å²) in [6.45, 7) is 1.76. The zero-order chi connectivity index (χ0) is 18.5. The van der Waals surface area contributed by atoms with E-state index in [9.17, 15) is 4.79 Å². The first-order chi connectivity index (χ1) is 12.6. The molecular weight excluding hydrogens is 336 g/mol. The molecule has 3 rings (SSSR count). The number of ether oxygens (including phenoxy) is 2. The molecule has 0 radical (unpaired) electrons. The number of aromatic nitrogens is 3. The van der Waals surface area contributed by atoms with E-state index in [0.29, 0.717) is 34.3 Å². The predicted octanol–water partition coefficient (Wildman–Crippen LogP) is 2.64. The van der Waals surface area contributed by atoms with Crippen molar-refractivity contribution < 1.29 is 18.8 Å². The maximum absolute atomic E-state index is 12.2. The van der Waals surface area contributed by atoms with Gasteiger partial charge in [0.1, 0.15) is 6.04 Å². The van der Waals surface area contributed by atoms with Crippen molar-refractivity contribution >= 4 is 5.91 Å². The molecule has 1 atom stereocenters. The minimum Gasteiger partial charge on any atom is -0.493 e. The molecule has 0 saturated heterocycles. The summed E-state index contributed by atoms with van der Waals surface area (Å²) in [5.74, 6) is 1.60. The van der Waals surface area contributed by atoms with Crippen LogP contribution in [0.2, 0.25) is 0 Å². The van der Waals surface area contributed by atoms with Crippen LogP contribution in [0.15, 0.2) is 47.2 Å². The summed E-state index contributed by atoms with van der Waals surface area (Å²) in [4.78, 5) is 20.5. The van der Waals surface area contributed by atoms with Gasteiger partial charge in [-0.05, 0) is 37.3 Å². The van der Waals surface area contributed by atoms with Gasteiger partial charge in [0.25, 0.3) is 5.91 Å². The third kappa shape index (κ3) is 3.64. The SMILES string of the molecule is COc1ccc(-c2noc(C(C)NC(=O)c3cccnc3)n2)cc1OC. The van der Waals surface area contributed by atoms with E-state index in [0.717, 1.165) is 0 Å². The Labute approximate surface area is 150 Å². The van der Waals surface area contributed by atoms with Crippen molar-refractivity contribution in [2.45, 2.75) is 13.0 Å². The molecule has 0 spiro atoms. The highest BCUT2D eigenvalue weighted by molar-refractivity contribution is 5.93. The average molecular weight is 354 g/mol. The molecule has 0 aliphatic rings. The van der Waals surface area contributed by atoms with Gasteiger partial charge < -0.3 is 19.3 Å². The summed E-state index contributed by atoms with van der Waals surface area (Å²) in [5.41, 5.74) is 1.17. The molecule has 0 bridgehead atoms. The van der Waals surface area contributed by atoms with Crippen LogP contribution in [-0.4, -0.2) is 35.3 Å². The Kier molecular flexibility index (Phi) is 5.12. The first-order valence-electron chi connectivity index (χ1n) is 7.89. The summed E-state index contributed by atoms with van der Waals surface area (Å²) in [7, 11) is 3.12. The lowest BCUT2D eigenvalue weighted by atomic mass is 10.2. The largest absolute Gasteiger partial charge is 0.493 e. The van der Waals surface area contributed by atoms with Gasteiger partial charge in [-0.15, -0.1) is 0 Å². The van der Waals surface area contributed by atoms with Gasteiger partial charge in [0.2, 0.25) is 11.7 Å². The van der Waals surface area contributed by atoms with Gasteiger partial charge in [-0.25, -0.2) is 0 Å². The van der Waals surface area contributed by atoms with Gasteiger partial charge >= 0.3 is 0 Å². The third-order valence-corrected chi connectivity index (χ3v) is 3.73. The fraction of sp³-hybridized carbons (Fsp3) is 0.222. The summed E-state index contributed by atoms with van der Waals surface area (Å²) in [6, 6.07) is 8.24. The van der Waals surface area contributed by atoms with Gasteiger partial charge in [-0.3, -0.25) is 9.78 Å². The van der Waals surface area contributed by atoms with Crippen LogP contribution in [0.4, 0.5) is 0 Å². The van der Waals surface area contributed by atoms with E-state index < -0.39 is 6.04 Å². The van der Waals surface area contributed by atoms with E-state index in [1.54, 1.807) is 57.7 Å². The molecule has 134 valence electrons. The number of amides is 1. The van der Waals surface area contributed by atoms with Crippen LogP contribution >= 0.6 is 0 Å². The minimum absolute atomic E-state index is 0.267. The lowest BCUT2D eigenvalue weighted by molar-refractivity contribution is 0.0932. The van der Waals surface area contributed by atoms with E-state index in [1.165, 1.54) is 6.20 Å². The van der Waals surface area contributed by atoms with Crippen LogP contribution in [0.25, 0.3) is 11.4 Å². The van der Waals surface area contributed by atoms with Gasteiger partial charge in [0, 0.05) is 18.0 Å². The number of rotatable bonds is 6. The van der Waals surface area contributed by atoms with Crippen molar-refractivity contribution in [2.24, 2.45) is 0 Å². The van der Waals surface area contributed by atoms with Crippen LogP contribution in [-0.2, 0) is 0 Å². The molecule has 8 nitrogen and oxygen atoms in total. The van der Waals surface area contributed by atoms with E-state index in [1.807, 2.05) is 0 Å². The summed E-state index contributed by atoms with van der Waals surface area (Å²) in [6.07, 6.45) is 3.10. The number of nitrogens with one attached hydrogen (secondary N) is 1. The first-order valence-corrected chi connectivity index (χ1v) is 7.89. The monoisotopic (exact) mass is 354 g/mol. The maximum atomic E-state index is 12.2. The lowest BCUT2D eigenvalue weighted by Gasteiger charge is -2.09. The molecule has 1 amide bonds. The zero-order valence-corrected chi connectivity index (χ0v) is 14.6. The Hall–Kier alpha value is -3.42. The highest BCUT2D eigenvalue weighted by atomic mass is 16.5. The Morgan fingerprint density at radius 3 is 2.69 bits per heavy atom. The molecule has 0 fully saturated rings. The van der Waals surface area contributed by atoms with Crippen LogP contribution in [0.1, 0.15) is 29.2 Å². The zero-order valence-electron chi connectivity index (χ0n) is 14.6. The number of nitrogens with zero attached hydrogens (tertiary/aromatic N) is 3. The number of methoxy groups -OCH3 is 2. The molecule has 0 aliphatic carbocycles. The molecular formula is C18H18N4O4. The standard InChI is InChI=1S/C18H18N4O4/c1-11(20-17(23)13-5-4-8-19-10-13)18-21-16(22-26-18)12-6-7-14(24-2)15(9-12)25-3/h4-11H,1-3H3,(H,20,23). The molecule has 0 saturated carbocycles. The Bertz CT molecular complexity index is 895. The molecule has 2 aromatic heterocycles. The minimum atomic E-state index is -0.455. The lowest BCUT2D eigenvalue weighted by Crippen LogP contribution is -2.26. The Morgan fingerprint density at radius 2 is 2.00 bits per heavy atom. The summed E-state index contributed by atoms with van der Waals surface area (Å²) >= 11 is 0. The molecule has 1 aromatic carbocycles. The van der Waals surface area contributed by atoms with Gasteiger partial charge in [0.15, 0.2) is 11.5 Å².